The molecule has 6 aromatic carbocycles. The first-order valence-corrected chi connectivity index (χ1v) is 13.1. The highest BCUT2D eigenvalue weighted by Gasteiger charge is 2.12. The van der Waals surface area contributed by atoms with E-state index in [2.05, 4.69) is 139 Å². The van der Waals surface area contributed by atoms with Crippen molar-refractivity contribution in [3.8, 4) is 0 Å². The highest BCUT2D eigenvalue weighted by atomic mass is 15.5. The molecule has 0 aliphatic heterocycles. The summed E-state index contributed by atoms with van der Waals surface area (Å²) in [7, 11) is 0. The van der Waals surface area contributed by atoms with E-state index in [0.29, 0.717) is 0 Å². The number of aryl methyl sites for hydroxylation is 1. The van der Waals surface area contributed by atoms with Crippen LogP contribution in [0.5, 0.6) is 0 Å². The van der Waals surface area contributed by atoms with Crippen molar-refractivity contribution in [1.82, 2.24) is 4.57 Å². The predicted molar refractivity (Wildman–Crippen MR) is 163 cm³/mol. The molecule has 3 nitrogen and oxygen atoms in total. The molecule has 38 heavy (non-hydrogen) atoms. The van der Waals surface area contributed by atoms with E-state index in [-0.39, 0.29) is 0 Å². The van der Waals surface area contributed by atoms with Gasteiger partial charge in [0.1, 0.15) is 0 Å². The van der Waals surface area contributed by atoms with Gasteiger partial charge in [-0.15, -0.1) is 0 Å². The Labute approximate surface area is 221 Å². The molecule has 0 N–H and O–H groups in total. The third-order valence-electron chi connectivity index (χ3n) is 7.39. The SMILES string of the molecule is CCn1c2ccccc2c2cc(/C=N\N(c3ccc4ccccc4c3)c3ccc4ccccc4c3)ccc21. The van der Waals surface area contributed by atoms with E-state index in [1.165, 1.54) is 43.4 Å². The summed E-state index contributed by atoms with van der Waals surface area (Å²) < 4.78 is 2.38. The Morgan fingerprint density at radius 3 is 1.82 bits per heavy atom. The number of hydrogen-bond acceptors (Lipinski definition) is 2. The topological polar surface area (TPSA) is 20.5 Å². The lowest BCUT2D eigenvalue weighted by Gasteiger charge is -2.20. The van der Waals surface area contributed by atoms with Gasteiger partial charge >= 0.3 is 0 Å². The standard InChI is InChI=1S/C35H27N3/c1-2-37-34-14-8-7-13-32(34)33-21-25(15-20-35(33)37)24-36-38(30-18-16-26-9-3-5-11-28(26)22-30)31-19-17-27-10-4-6-12-29(27)23-31/h3-24H,2H2,1H3/b36-24-. The molecule has 7 rings (SSSR count). The average Bonchev–Trinajstić information content (AvgIpc) is 3.30. The van der Waals surface area contributed by atoms with Gasteiger partial charge in [0.05, 0.1) is 17.6 Å². The summed E-state index contributed by atoms with van der Waals surface area (Å²) in [5.41, 5.74) is 5.65. The smallest absolute Gasteiger partial charge is 0.0659 e. The van der Waals surface area contributed by atoms with Crippen LogP contribution in [0.1, 0.15) is 12.5 Å². The summed E-state index contributed by atoms with van der Waals surface area (Å²) >= 11 is 0. The van der Waals surface area contributed by atoms with Gasteiger partial charge in [-0.05, 0) is 76.5 Å². The lowest BCUT2D eigenvalue weighted by atomic mass is 10.1. The largest absolute Gasteiger partial charge is 0.341 e. The minimum absolute atomic E-state index is 0.940. The summed E-state index contributed by atoms with van der Waals surface area (Å²) in [6.07, 6.45) is 1.97. The second-order valence-corrected chi connectivity index (χ2v) is 9.66. The first-order valence-electron chi connectivity index (χ1n) is 13.1. The number of para-hydroxylation sites is 1. The molecule has 0 saturated heterocycles. The van der Waals surface area contributed by atoms with Crippen molar-refractivity contribution in [2.75, 3.05) is 5.01 Å². The summed E-state index contributed by atoms with van der Waals surface area (Å²) in [5.74, 6) is 0. The van der Waals surface area contributed by atoms with Crippen molar-refractivity contribution in [2.45, 2.75) is 13.5 Å². The summed E-state index contributed by atoms with van der Waals surface area (Å²) in [5, 5.41) is 14.5. The molecule has 182 valence electrons. The van der Waals surface area contributed by atoms with Crippen molar-refractivity contribution < 1.29 is 0 Å². The van der Waals surface area contributed by atoms with Gasteiger partial charge in [-0.1, -0.05) is 84.9 Å². The van der Waals surface area contributed by atoms with Gasteiger partial charge in [-0.2, -0.15) is 5.10 Å². The second kappa shape index (κ2) is 9.20. The molecule has 0 radical (unpaired) electrons. The van der Waals surface area contributed by atoms with E-state index in [0.717, 1.165) is 23.5 Å². The van der Waals surface area contributed by atoms with Gasteiger partial charge in [0.25, 0.3) is 0 Å². The lowest BCUT2D eigenvalue weighted by Crippen LogP contribution is -2.09. The Kier molecular flexibility index (Phi) is 5.41. The Hall–Kier alpha value is -4.89. The summed E-state index contributed by atoms with van der Waals surface area (Å²) in [4.78, 5) is 0. The Bertz CT molecular complexity index is 1900. The third kappa shape index (κ3) is 3.80. The number of nitrogens with zero attached hydrogens (tertiary/aromatic N) is 3. The summed E-state index contributed by atoms with van der Waals surface area (Å²) in [6, 6.07) is 45.2. The van der Waals surface area contributed by atoms with E-state index in [1.807, 2.05) is 11.2 Å². The summed E-state index contributed by atoms with van der Waals surface area (Å²) in [6.45, 7) is 3.14. The first kappa shape index (κ1) is 22.3. The Balaban J connectivity index is 1.36. The van der Waals surface area contributed by atoms with Crippen molar-refractivity contribution in [1.29, 1.82) is 0 Å². The molecular weight excluding hydrogens is 462 g/mol. The fraction of sp³-hybridized carbons (Fsp3) is 0.0571. The van der Waals surface area contributed by atoms with Crippen LogP contribution in [0.4, 0.5) is 11.4 Å². The van der Waals surface area contributed by atoms with Crippen molar-refractivity contribution in [3.05, 3.63) is 133 Å². The Morgan fingerprint density at radius 2 is 1.16 bits per heavy atom. The molecule has 0 amide bonds. The van der Waals surface area contributed by atoms with Gasteiger partial charge in [0.15, 0.2) is 0 Å². The molecule has 0 aliphatic carbocycles. The van der Waals surface area contributed by atoms with Gasteiger partial charge in [0.2, 0.25) is 0 Å². The molecule has 0 unspecified atom stereocenters. The highest BCUT2D eigenvalue weighted by Crippen LogP contribution is 2.32. The molecular formula is C35H27N3. The molecule has 1 heterocycles. The third-order valence-corrected chi connectivity index (χ3v) is 7.39. The monoisotopic (exact) mass is 489 g/mol. The number of benzene rings is 6. The molecule has 0 saturated carbocycles. The van der Waals surface area contributed by atoms with Crippen molar-refractivity contribution in [3.63, 3.8) is 0 Å². The van der Waals surface area contributed by atoms with Gasteiger partial charge in [-0.25, -0.2) is 5.01 Å². The number of hydrazone groups is 1. The van der Waals surface area contributed by atoms with E-state index in [9.17, 15) is 0 Å². The van der Waals surface area contributed by atoms with Crippen LogP contribution in [-0.2, 0) is 6.54 Å². The maximum atomic E-state index is 5.06. The van der Waals surface area contributed by atoms with Gasteiger partial charge < -0.3 is 4.57 Å². The number of rotatable bonds is 5. The number of fused-ring (bicyclic) bond motifs is 5. The van der Waals surface area contributed by atoms with Crippen LogP contribution in [0, 0.1) is 0 Å². The molecule has 3 heteroatoms. The van der Waals surface area contributed by atoms with Crippen molar-refractivity contribution >= 4 is 60.9 Å². The second-order valence-electron chi connectivity index (χ2n) is 9.66. The van der Waals surface area contributed by atoms with Gasteiger partial charge in [-0.3, -0.25) is 0 Å². The normalized spacial score (nSPS) is 11.8. The molecule has 0 aliphatic rings. The van der Waals surface area contributed by atoms with Crippen LogP contribution in [0.15, 0.2) is 132 Å². The van der Waals surface area contributed by atoms with E-state index in [4.69, 9.17) is 5.10 Å². The van der Waals surface area contributed by atoms with Crippen LogP contribution >= 0.6 is 0 Å². The minimum Gasteiger partial charge on any atom is -0.341 e. The molecule has 0 atom stereocenters. The fourth-order valence-electron chi connectivity index (χ4n) is 5.52. The van der Waals surface area contributed by atoms with E-state index >= 15 is 0 Å². The lowest BCUT2D eigenvalue weighted by molar-refractivity contribution is 0.827. The van der Waals surface area contributed by atoms with E-state index in [1.54, 1.807) is 0 Å². The van der Waals surface area contributed by atoms with Crippen LogP contribution in [0.25, 0.3) is 43.4 Å². The number of aromatic nitrogens is 1. The molecule has 0 bridgehead atoms. The maximum Gasteiger partial charge on any atom is 0.0659 e. The van der Waals surface area contributed by atoms with Gasteiger partial charge in [0, 0.05) is 28.4 Å². The zero-order chi connectivity index (χ0) is 25.5. The fourth-order valence-corrected chi connectivity index (χ4v) is 5.52. The minimum atomic E-state index is 0.940. The van der Waals surface area contributed by atoms with Crippen molar-refractivity contribution in [2.24, 2.45) is 5.10 Å². The number of hydrogen-bond donors (Lipinski definition) is 0. The number of anilines is 2. The van der Waals surface area contributed by atoms with Crippen LogP contribution in [-0.4, -0.2) is 10.8 Å². The van der Waals surface area contributed by atoms with Crippen LogP contribution < -0.4 is 5.01 Å². The molecule has 1 aromatic heterocycles. The average molecular weight is 490 g/mol. The quantitative estimate of drug-likeness (QED) is 0.174. The zero-order valence-electron chi connectivity index (χ0n) is 21.3. The highest BCUT2D eigenvalue weighted by molar-refractivity contribution is 6.09. The molecule has 0 fully saturated rings. The zero-order valence-corrected chi connectivity index (χ0v) is 21.3. The van der Waals surface area contributed by atoms with Crippen LogP contribution in [0.3, 0.4) is 0 Å². The van der Waals surface area contributed by atoms with Crippen LogP contribution in [0.2, 0.25) is 0 Å². The molecule has 0 spiro atoms. The van der Waals surface area contributed by atoms with E-state index < -0.39 is 0 Å². The molecule has 7 aromatic rings. The first-order chi connectivity index (χ1) is 18.8. The Morgan fingerprint density at radius 1 is 0.579 bits per heavy atom. The predicted octanol–water partition coefficient (Wildman–Crippen LogP) is 9.29. The maximum absolute atomic E-state index is 5.06.